The Bertz CT molecular complexity index is 1210. The van der Waals surface area contributed by atoms with E-state index in [1.165, 1.54) is 6.92 Å². The zero-order chi connectivity index (χ0) is 23.0. The van der Waals surface area contributed by atoms with Gasteiger partial charge in [-0.15, -0.1) is 0 Å². The first kappa shape index (κ1) is 21.6. The summed E-state index contributed by atoms with van der Waals surface area (Å²) in [6.45, 7) is 5.60. The van der Waals surface area contributed by atoms with E-state index in [1.54, 1.807) is 17.1 Å². The lowest BCUT2D eigenvalue weighted by molar-refractivity contribution is -0.111. The van der Waals surface area contributed by atoms with Gasteiger partial charge in [-0.05, 0) is 50.2 Å². The molecule has 33 heavy (non-hydrogen) atoms. The summed E-state index contributed by atoms with van der Waals surface area (Å²) >= 11 is 0. The Balaban J connectivity index is 1.58. The van der Waals surface area contributed by atoms with Crippen molar-refractivity contribution in [3.63, 3.8) is 0 Å². The fourth-order valence-corrected chi connectivity index (χ4v) is 4.84. The maximum Gasteiger partial charge on any atom is 0.202 e. The number of nitrogens with one attached hydrogen (secondary N) is 1. The molecule has 1 aliphatic carbocycles. The van der Waals surface area contributed by atoms with Crippen LogP contribution in [0.2, 0.25) is 0 Å². The van der Waals surface area contributed by atoms with Gasteiger partial charge in [-0.1, -0.05) is 5.92 Å². The molecule has 1 aliphatic heterocycles. The fraction of sp³-hybridized carbons (Fsp3) is 0.500. The number of aliphatic hydroxyl groups is 1. The van der Waals surface area contributed by atoms with Crippen molar-refractivity contribution in [2.24, 2.45) is 5.92 Å². The molecule has 1 atom stereocenters. The molecule has 0 amide bonds. The van der Waals surface area contributed by atoms with E-state index in [-0.39, 0.29) is 17.7 Å². The van der Waals surface area contributed by atoms with Gasteiger partial charge in [0.25, 0.3) is 0 Å². The number of H-pyrrole nitrogens is 1. The van der Waals surface area contributed by atoms with Crippen molar-refractivity contribution in [2.75, 3.05) is 24.7 Å². The van der Waals surface area contributed by atoms with Crippen molar-refractivity contribution in [3.8, 4) is 17.7 Å². The van der Waals surface area contributed by atoms with Crippen molar-refractivity contribution in [3.05, 3.63) is 30.1 Å². The molecule has 9 nitrogen and oxygen atoms in total. The second-order valence-electron chi connectivity index (χ2n) is 9.00. The number of ether oxygens (including phenoxy) is 1. The minimum Gasteiger partial charge on any atom is -0.385 e. The van der Waals surface area contributed by atoms with Gasteiger partial charge in [0.15, 0.2) is 11.5 Å². The van der Waals surface area contributed by atoms with Crippen LogP contribution < -0.4 is 4.90 Å². The van der Waals surface area contributed by atoms with Gasteiger partial charge in [-0.2, -0.15) is 14.9 Å². The molecule has 4 heterocycles. The molecule has 172 valence electrons. The number of pyridine rings is 1. The maximum atomic E-state index is 11.8. The predicted octanol–water partition coefficient (Wildman–Crippen LogP) is 2.34. The Kier molecular flexibility index (Phi) is 5.64. The Morgan fingerprint density at radius 1 is 1.33 bits per heavy atom. The van der Waals surface area contributed by atoms with Crippen LogP contribution in [0.3, 0.4) is 0 Å². The lowest BCUT2D eigenvalue weighted by atomic mass is 9.75. The van der Waals surface area contributed by atoms with E-state index in [2.05, 4.69) is 39.0 Å². The number of carbonyl (C=O) groups is 1. The number of anilines is 1. The van der Waals surface area contributed by atoms with E-state index in [0.29, 0.717) is 37.5 Å². The van der Waals surface area contributed by atoms with E-state index in [9.17, 15) is 9.90 Å². The van der Waals surface area contributed by atoms with Gasteiger partial charge >= 0.3 is 0 Å². The lowest BCUT2D eigenvalue weighted by Gasteiger charge is -2.37. The third-order valence-electron chi connectivity index (χ3n) is 6.66. The molecule has 1 saturated heterocycles. The van der Waals surface area contributed by atoms with Crippen LogP contribution in [0.5, 0.6) is 0 Å². The van der Waals surface area contributed by atoms with Gasteiger partial charge in [0.1, 0.15) is 5.82 Å². The smallest absolute Gasteiger partial charge is 0.202 e. The van der Waals surface area contributed by atoms with Gasteiger partial charge in [-0.25, -0.2) is 4.98 Å². The Morgan fingerprint density at radius 2 is 2.15 bits per heavy atom. The van der Waals surface area contributed by atoms with Crippen LogP contribution in [0.25, 0.3) is 16.9 Å². The monoisotopic (exact) mass is 448 g/mol. The van der Waals surface area contributed by atoms with Crippen molar-refractivity contribution in [1.29, 1.82) is 0 Å². The topological polar surface area (TPSA) is 109 Å². The number of carbonyl (C=O) groups excluding carboxylic acids is 1. The standard InChI is InChI=1S/C24H28N6O3/c1-16-15-33-12-11-29(16)22-13-20(24(32)8-5-18(6-9-24)4-3-17(2)31)19-14-26-30(23(19)27-22)21-7-10-25-28-21/h7,10,13-14,16,18,32H,5-6,8-9,11-12,15H2,1-2H3,(H,25,28)/t16-,18?,24?/m1/s1. The van der Waals surface area contributed by atoms with Crippen LogP contribution in [0.15, 0.2) is 24.5 Å². The molecule has 3 aromatic rings. The average molecular weight is 449 g/mol. The minimum atomic E-state index is -1.01. The SMILES string of the molecule is CC(=O)C#CC1CCC(O)(c2cc(N3CCOC[C@H]3C)nc3c2cnn3-c2cc[nH]n2)CC1. The van der Waals surface area contributed by atoms with Crippen LogP contribution >= 0.6 is 0 Å². The number of fused-ring (bicyclic) bond motifs is 1. The van der Waals surface area contributed by atoms with Crippen molar-refractivity contribution in [2.45, 2.75) is 51.2 Å². The molecule has 2 N–H and O–H groups in total. The van der Waals surface area contributed by atoms with Crippen LogP contribution in [-0.2, 0) is 15.1 Å². The number of aromatic nitrogens is 5. The van der Waals surface area contributed by atoms with E-state index < -0.39 is 5.60 Å². The second-order valence-corrected chi connectivity index (χ2v) is 9.00. The average Bonchev–Trinajstić information content (AvgIpc) is 3.48. The van der Waals surface area contributed by atoms with Crippen LogP contribution in [0, 0.1) is 17.8 Å². The Labute approximate surface area is 192 Å². The molecule has 0 radical (unpaired) electrons. The summed E-state index contributed by atoms with van der Waals surface area (Å²) in [5, 5.41) is 24.3. The maximum absolute atomic E-state index is 11.8. The van der Waals surface area contributed by atoms with Gasteiger partial charge in [0.2, 0.25) is 5.78 Å². The molecule has 0 bridgehead atoms. The highest BCUT2D eigenvalue weighted by molar-refractivity contribution is 5.93. The summed E-state index contributed by atoms with van der Waals surface area (Å²) in [7, 11) is 0. The lowest BCUT2D eigenvalue weighted by Crippen LogP contribution is -2.44. The van der Waals surface area contributed by atoms with E-state index in [4.69, 9.17) is 9.72 Å². The summed E-state index contributed by atoms with van der Waals surface area (Å²) in [4.78, 5) is 18.4. The van der Waals surface area contributed by atoms with Crippen LogP contribution in [-0.4, -0.2) is 61.7 Å². The van der Waals surface area contributed by atoms with Gasteiger partial charge in [-0.3, -0.25) is 9.89 Å². The third kappa shape index (κ3) is 4.12. The number of aromatic amines is 1. The number of hydrogen-bond acceptors (Lipinski definition) is 7. The molecule has 5 rings (SSSR count). The molecule has 0 aromatic carbocycles. The molecule has 0 unspecified atom stereocenters. The number of hydrogen-bond donors (Lipinski definition) is 2. The van der Waals surface area contributed by atoms with Crippen molar-refractivity contribution in [1.82, 2.24) is 25.0 Å². The summed E-state index contributed by atoms with van der Waals surface area (Å²) in [6, 6.07) is 4.03. The summed E-state index contributed by atoms with van der Waals surface area (Å²) in [6.07, 6.45) is 6.10. The molecular weight excluding hydrogens is 420 g/mol. The predicted molar refractivity (Wildman–Crippen MR) is 123 cm³/mol. The number of Topliss-reactive ketones (excluding diaryl/α,β-unsaturated/α-hetero) is 1. The minimum absolute atomic E-state index is 0.122. The highest BCUT2D eigenvalue weighted by Gasteiger charge is 2.37. The number of morpholine rings is 1. The zero-order valence-electron chi connectivity index (χ0n) is 18.9. The van der Waals surface area contributed by atoms with E-state index >= 15 is 0 Å². The van der Waals surface area contributed by atoms with Gasteiger partial charge in [0, 0.05) is 37.0 Å². The summed E-state index contributed by atoms with van der Waals surface area (Å²) in [5.41, 5.74) is 0.487. The first-order valence-corrected chi connectivity index (χ1v) is 11.4. The second kappa shape index (κ2) is 8.61. The van der Waals surface area contributed by atoms with E-state index in [0.717, 1.165) is 36.2 Å². The molecule has 2 aliphatic rings. The van der Waals surface area contributed by atoms with Gasteiger partial charge < -0.3 is 14.7 Å². The quantitative estimate of drug-likeness (QED) is 0.468. The van der Waals surface area contributed by atoms with E-state index in [1.807, 2.05) is 12.1 Å². The first-order chi connectivity index (χ1) is 15.9. The highest BCUT2D eigenvalue weighted by atomic mass is 16.5. The summed E-state index contributed by atoms with van der Waals surface area (Å²) in [5.74, 6) is 7.18. The van der Waals surface area contributed by atoms with Gasteiger partial charge in [0.05, 0.1) is 31.1 Å². The number of nitrogens with zero attached hydrogens (tertiary/aromatic N) is 5. The highest BCUT2D eigenvalue weighted by Crippen LogP contribution is 2.43. The molecule has 0 spiro atoms. The molecule has 3 aromatic heterocycles. The number of ketones is 1. The van der Waals surface area contributed by atoms with Crippen LogP contribution in [0.4, 0.5) is 5.82 Å². The zero-order valence-corrected chi connectivity index (χ0v) is 18.9. The third-order valence-corrected chi connectivity index (χ3v) is 6.66. The first-order valence-electron chi connectivity index (χ1n) is 11.4. The normalized spacial score (nSPS) is 25.6. The molecule has 1 saturated carbocycles. The van der Waals surface area contributed by atoms with Crippen LogP contribution in [0.1, 0.15) is 45.1 Å². The molecule has 9 heteroatoms. The largest absolute Gasteiger partial charge is 0.385 e. The summed E-state index contributed by atoms with van der Waals surface area (Å²) < 4.78 is 7.32. The Morgan fingerprint density at radius 3 is 2.85 bits per heavy atom. The molecular formula is C24H28N6O3. The fourth-order valence-electron chi connectivity index (χ4n) is 4.84. The van der Waals surface area contributed by atoms with Crippen molar-refractivity contribution >= 4 is 22.6 Å². The molecule has 2 fully saturated rings. The van der Waals surface area contributed by atoms with Crippen molar-refractivity contribution < 1.29 is 14.6 Å². The number of rotatable bonds is 3. The Hall–Kier alpha value is -3.22.